The second-order valence-electron chi connectivity index (χ2n) is 9.95. The van der Waals surface area contributed by atoms with Crippen LogP contribution < -0.4 is 5.32 Å². The number of nitrogens with zero attached hydrogens (tertiary/aromatic N) is 2. The Kier molecular flexibility index (Phi) is 6.95. The van der Waals surface area contributed by atoms with Crippen molar-refractivity contribution in [2.24, 2.45) is 5.92 Å². The zero-order valence-electron chi connectivity index (χ0n) is 19.7. The molecule has 2 fully saturated rings. The van der Waals surface area contributed by atoms with E-state index in [2.05, 4.69) is 34.5 Å². The van der Waals surface area contributed by atoms with E-state index < -0.39 is 5.82 Å². The van der Waals surface area contributed by atoms with Crippen LogP contribution in [0, 0.1) is 11.7 Å². The predicted octanol–water partition coefficient (Wildman–Crippen LogP) is 4.34. The first-order valence-corrected chi connectivity index (χ1v) is 12.8. The van der Waals surface area contributed by atoms with Crippen LogP contribution in [-0.2, 0) is 11.2 Å². The summed E-state index contributed by atoms with van der Waals surface area (Å²) >= 11 is 0. The van der Waals surface area contributed by atoms with Crippen LogP contribution in [0.25, 0.3) is 0 Å². The summed E-state index contributed by atoms with van der Waals surface area (Å²) in [6.07, 6.45) is 7.64. The number of hydrogen-bond acceptors (Lipinski definition) is 3. The average molecular weight is 464 g/mol. The maximum absolute atomic E-state index is 14.1. The van der Waals surface area contributed by atoms with Gasteiger partial charge in [-0.05, 0) is 61.3 Å². The quantitative estimate of drug-likeness (QED) is 0.718. The molecule has 34 heavy (non-hydrogen) atoms. The first kappa shape index (κ1) is 23.0. The molecule has 1 saturated carbocycles. The topological polar surface area (TPSA) is 52.7 Å². The van der Waals surface area contributed by atoms with Crippen molar-refractivity contribution < 1.29 is 14.0 Å². The minimum absolute atomic E-state index is 0.0743. The molecule has 0 aromatic heterocycles. The van der Waals surface area contributed by atoms with Gasteiger partial charge in [-0.1, -0.05) is 49.2 Å². The molecular weight excluding hydrogens is 429 g/mol. The molecule has 0 spiro atoms. The van der Waals surface area contributed by atoms with Gasteiger partial charge in [0.25, 0.3) is 5.91 Å². The third kappa shape index (κ3) is 4.74. The molecule has 5 nitrogen and oxygen atoms in total. The Hall–Kier alpha value is -2.73. The number of aryl methyl sites for hydroxylation is 1. The van der Waals surface area contributed by atoms with Gasteiger partial charge in [-0.3, -0.25) is 14.5 Å². The van der Waals surface area contributed by atoms with Gasteiger partial charge in [-0.15, -0.1) is 0 Å². The third-order valence-corrected chi connectivity index (χ3v) is 7.90. The van der Waals surface area contributed by atoms with Gasteiger partial charge in [0.05, 0.1) is 17.6 Å². The van der Waals surface area contributed by atoms with E-state index in [0.29, 0.717) is 32.1 Å². The molecule has 6 heteroatoms. The van der Waals surface area contributed by atoms with Crippen molar-refractivity contribution in [2.75, 3.05) is 26.2 Å². The van der Waals surface area contributed by atoms with Crippen molar-refractivity contribution in [1.82, 2.24) is 15.1 Å². The molecule has 2 unspecified atom stereocenters. The van der Waals surface area contributed by atoms with Gasteiger partial charge in [-0.2, -0.15) is 0 Å². The van der Waals surface area contributed by atoms with Crippen molar-refractivity contribution in [2.45, 2.75) is 57.0 Å². The fraction of sp³-hybridized carbons (Fsp3) is 0.500. The second-order valence-corrected chi connectivity index (χ2v) is 9.95. The average Bonchev–Trinajstić information content (AvgIpc) is 3.39. The van der Waals surface area contributed by atoms with Gasteiger partial charge in [0, 0.05) is 26.2 Å². The van der Waals surface area contributed by atoms with E-state index in [0.717, 1.165) is 32.1 Å². The van der Waals surface area contributed by atoms with Gasteiger partial charge >= 0.3 is 0 Å². The Labute approximate surface area is 201 Å². The number of carbonyl (C=O) groups excluding carboxylic acids is 2. The van der Waals surface area contributed by atoms with Gasteiger partial charge < -0.3 is 10.2 Å². The van der Waals surface area contributed by atoms with Gasteiger partial charge in [-0.25, -0.2) is 4.39 Å². The normalized spacial score (nSPS) is 22.3. The number of hydrogen-bond donors (Lipinski definition) is 1. The number of rotatable bonds is 5. The highest BCUT2D eigenvalue weighted by atomic mass is 19.1. The lowest BCUT2D eigenvalue weighted by atomic mass is 9.87. The summed E-state index contributed by atoms with van der Waals surface area (Å²) in [5, 5.41) is 3.41. The summed E-state index contributed by atoms with van der Waals surface area (Å²) in [7, 11) is 0. The highest BCUT2D eigenvalue weighted by molar-refractivity contribution is 5.94. The molecule has 1 N–H and O–H groups in total. The van der Waals surface area contributed by atoms with Crippen LogP contribution in [0.2, 0.25) is 0 Å². The number of carbonyl (C=O) groups is 2. The molecule has 5 rings (SSSR count). The number of piperazine rings is 1. The minimum Gasteiger partial charge on any atom is -0.348 e. The summed E-state index contributed by atoms with van der Waals surface area (Å²) < 4.78 is 14.1. The Morgan fingerprint density at radius 2 is 1.59 bits per heavy atom. The summed E-state index contributed by atoms with van der Waals surface area (Å²) in [6, 6.07) is 14.5. The molecule has 2 aliphatic carbocycles. The zero-order chi connectivity index (χ0) is 23.5. The summed E-state index contributed by atoms with van der Waals surface area (Å²) in [5.41, 5.74) is 2.72. The van der Waals surface area contributed by atoms with Gasteiger partial charge in [0.1, 0.15) is 5.82 Å². The fourth-order valence-electron chi connectivity index (χ4n) is 6.12. The first-order chi connectivity index (χ1) is 16.6. The van der Waals surface area contributed by atoms with Crippen LogP contribution in [0.3, 0.4) is 0 Å². The largest absolute Gasteiger partial charge is 0.348 e. The highest BCUT2D eigenvalue weighted by Gasteiger charge is 2.38. The fourth-order valence-corrected chi connectivity index (χ4v) is 6.12. The SMILES string of the molecule is O=C(NC1CCCc2ccccc21)C(C1CCCC1)N1CCN(C(=O)c2ccccc2F)CC1. The van der Waals surface area contributed by atoms with E-state index in [1.54, 1.807) is 23.1 Å². The van der Waals surface area contributed by atoms with Crippen LogP contribution in [0.1, 0.15) is 66.1 Å². The molecule has 1 aliphatic heterocycles. The van der Waals surface area contributed by atoms with E-state index in [9.17, 15) is 14.0 Å². The van der Waals surface area contributed by atoms with Gasteiger partial charge in [0.15, 0.2) is 0 Å². The Morgan fingerprint density at radius 3 is 2.35 bits per heavy atom. The number of amides is 2. The maximum Gasteiger partial charge on any atom is 0.256 e. The van der Waals surface area contributed by atoms with E-state index in [4.69, 9.17) is 0 Å². The lowest BCUT2D eigenvalue weighted by Crippen LogP contribution is -2.58. The first-order valence-electron chi connectivity index (χ1n) is 12.8. The predicted molar refractivity (Wildman–Crippen MR) is 130 cm³/mol. The molecule has 2 aromatic rings. The maximum atomic E-state index is 14.1. The number of fused-ring (bicyclic) bond motifs is 1. The smallest absolute Gasteiger partial charge is 0.256 e. The molecule has 2 atom stereocenters. The van der Waals surface area contributed by atoms with Crippen molar-refractivity contribution in [3.63, 3.8) is 0 Å². The lowest BCUT2D eigenvalue weighted by Gasteiger charge is -2.41. The van der Waals surface area contributed by atoms with Crippen LogP contribution in [0.5, 0.6) is 0 Å². The van der Waals surface area contributed by atoms with E-state index in [-0.39, 0.29) is 29.5 Å². The summed E-state index contributed by atoms with van der Waals surface area (Å²) in [5.74, 6) is -0.264. The van der Waals surface area contributed by atoms with Crippen molar-refractivity contribution >= 4 is 11.8 Å². The van der Waals surface area contributed by atoms with Crippen LogP contribution in [0.15, 0.2) is 48.5 Å². The van der Waals surface area contributed by atoms with Crippen molar-refractivity contribution in [3.05, 3.63) is 71.0 Å². The number of nitrogens with one attached hydrogen (secondary N) is 1. The van der Waals surface area contributed by atoms with Crippen LogP contribution in [-0.4, -0.2) is 53.8 Å². The summed E-state index contributed by atoms with van der Waals surface area (Å²) in [4.78, 5) is 30.5. The molecule has 180 valence electrons. The zero-order valence-corrected chi connectivity index (χ0v) is 19.7. The second kappa shape index (κ2) is 10.3. The monoisotopic (exact) mass is 463 g/mol. The molecule has 2 amide bonds. The number of benzene rings is 2. The molecule has 0 bridgehead atoms. The standard InChI is InChI=1S/C28H34FN3O2/c29-24-14-6-5-13-23(24)28(34)32-18-16-31(17-19-32)26(21-9-1-2-10-21)27(33)30-25-15-7-11-20-8-3-4-12-22(20)25/h3-6,8,12-14,21,25-26H,1-2,7,9-11,15-19H2,(H,30,33). The third-order valence-electron chi connectivity index (χ3n) is 7.90. The van der Waals surface area contributed by atoms with Crippen molar-refractivity contribution in [3.8, 4) is 0 Å². The minimum atomic E-state index is -0.481. The molecule has 1 heterocycles. The van der Waals surface area contributed by atoms with Gasteiger partial charge in [0.2, 0.25) is 5.91 Å². The van der Waals surface area contributed by atoms with E-state index in [1.807, 2.05) is 0 Å². The van der Waals surface area contributed by atoms with Crippen LogP contribution >= 0.6 is 0 Å². The summed E-state index contributed by atoms with van der Waals surface area (Å²) in [6.45, 7) is 2.29. The Morgan fingerprint density at radius 1 is 0.882 bits per heavy atom. The number of halogens is 1. The molecule has 3 aliphatic rings. The van der Waals surface area contributed by atoms with Crippen LogP contribution in [0.4, 0.5) is 4.39 Å². The Balaban J connectivity index is 1.27. The molecular formula is C28H34FN3O2. The highest BCUT2D eigenvalue weighted by Crippen LogP contribution is 2.33. The molecule has 2 aromatic carbocycles. The van der Waals surface area contributed by atoms with E-state index >= 15 is 0 Å². The van der Waals surface area contributed by atoms with E-state index in [1.165, 1.54) is 30.0 Å². The van der Waals surface area contributed by atoms with Crippen molar-refractivity contribution in [1.29, 1.82) is 0 Å². The Bertz CT molecular complexity index is 1030. The molecule has 0 radical (unpaired) electrons. The molecule has 1 saturated heterocycles. The lowest BCUT2D eigenvalue weighted by molar-refractivity contribution is -0.130.